The summed E-state index contributed by atoms with van der Waals surface area (Å²) >= 11 is 0. The molecule has 4 heteroatoms. The molecule has 1 aliphatic carbocycles. The van der Waals surface area contributed by atoms with Gasteiger partial charge in [0.1, 0.15) is 0 Å². The Morgan fingerprint density at radius 1 is 0.824 bits per heavy atom. The van der Waals surface area contributed by atoms with Crippen LogP contribution >= 0.6 is 0 Å². The Bertz CT molecular complexity index is 600. The molecule has 0 aliphatic heterocycles. The van der Waals surface area contributed by atoms with Crippen LogP contribution in [0.2, 0.25) is 0 Å². The topological polar surface area (TPSA) is 55.5 Å². The van der Waals surface area contributed by atoms with Gasteiger partial charge in [0.25, 0.3) is 0 Å². The number of nitrogens with zero attached hydrogens (tertiary/aromatic N) is 2. The minimum Gasteiger partial charge on any atom is -0.233 e. The van der Waals surface area contributed by atoms with E-state index < -0.39 is 5.03 Å². The van der Waals surface area contributed by atoms with Crippen molar-refractivity contribution >= 4 is 5.71 Å². The van der Waals surface area contributed by atoms with Crippen LogP contribution in [0.3, 0.4) is 0 Å². The normalized spacial score (nSPS) is 11.9. The molecule has 82 valence electrons. The van der Waals surface area contributed by atoms with Crippen molar-refractivity contribution in [2.24, 2.45) is 5.10 Å². The lowest BCUT2D eigenvalue weighted by Crippen LogP contribution is -2.01. The first-order valence-electron chi connectivity index (χ1n) is 5.19. The monoisotopic (exact) mass is 224 g/mol. The minimum atomic E-state index is -0.645. The number of hydrogen-bond acceptors (Lipinski definition) is 2. The second-order valence-electron chi connectivity index (χ2n) is 3.78. The van der Waals surface area contributed by atoms with Crippen molar-refractivity contribution in [3.8, 4) is 11.1 Å². The molecule has 0 saturated carbocycles. The maximum Gasteiger partial charge on any atom is 0.191 e. The molecule has 0 bridgehead atoms. The highest BCUT2D eigenvalue weighted by molar-refractivity contribution is 6.24. The fourth-order valence-electron chi connectivity index (χ4n) is 2.18. The predicted octanol–water partition coefficient (Wildman–Crippen LogP) is 2.70. The largest absolute Gasteiger partial charge is 0.233 e. The molecule has 3 rings (SSSR count). The van der Waals surface area contributed by atoms with E-state index in [4.69, 9.17) is 0 Å². The van der Waals surface area contributed by atoms with Gasteiger partial charge < -0.3 is 0 Å². The maximum absolute atomic E-state index is 10.6. The van der Waals surface area contributed by atoms with Crippen molar-refractivity contribution in [3.63, 3.8) is 0 Å². The Kier molecular flexibility index (Phi) is 2.01. The van der Waals surface area contributed by atoms with E-state index in [2.05, 4.69) is 5.10 Å². The SMILES string of the molecule is O=[N+]([O-])N=C1c2ccccc2-c2ccccc21. The molecule has 2 aromatic rings. The van der Waals surface area contributed by atoms with Crippen molar-refractivity contribution in [1.29, 1.82) is 0 Å². The Morgan fingerprint density at radius 3 is 1.65 bits per heavy atom. The van der Waals surface area contributed by atoms with Gasteiger partial charge in [-0.15, -0.1) is 0 Å². The highest BCUT2D eigenvalue weighted by Gasteiger charge is 2.26. The van der Waals surface area contributed by atoms with Crippen LogP contribution in [0, 0.1) is 10.1 Å². The number of fused-ring (bicyclic) bond motifs is 3. The molecule has 0 fully saturated rings. The average molecular weight is 224 g/mol. The van der Waals surface area contributed by atoms with Gasteiger partial charge in [0, 0.05) is 11.1 Å². The molecule has 0 saturated heterocycles. The standard InChI is InChI=1S/C13H8N2O2/c16-15(17)14-13-11-7-3-1-5-9(11)10-6-2-4-8-12(10)13/h1-8H. The molecular weight excluding hydrogens is 216 g/mol. The van der Waals surface area contributed by atoms with E-state index in [0.717, 1.165) is 22.3 Å². The summed E-state index contributed by atoms with van der Waals surface area (Å²) in [6, 6.07) is 15.2. The van der Waals surface area contributed by atoms with Gasteiger partial charge in [0.05, 0.1) is 5.10 Å². The van der Waals surface area contributed by atoms with Gasteiger partial charge in [-0.1, -0.05) is 48.5 Å². The van der Waals surface area contributed by atoms with Gasteiger partial charge >= 0.3 is 0 Å². The summed E-state index contributed by atoms with van der Waals surface area (Å²) < 4.78 is 0. The Morgan fingerprint density at radius 2 is 1.24 bits per heavy atom. The fourth-order valence-corrected chi connectivity index (χ4v) is 2.18. The van der Waals surface area contributed by atoms with E-state index in [1.807, 2.05) is 48.5 Å². The van der Waals surface area contributed by atoms with E-state index in [-0.39, 0.29) is 0 Å². The summed E-state index contributed by atoms with van der Waals surface area (Å²) in [5, 5.41) is 13.4. The first-order chi connectivity index (χ1) is 8.27. The van der Waals surface area contributed by atoms with Crippen molar-refractivity contribution in [2.75, 3.05) is 0 Å². The molecule has 0 aromatic heterocycles. The maximum atomic E-state index is 10.6. The highest BCUT2D eigenvalue weighted by atomic mass is 16.7. The Hall–Kier alpha value is -2.49. The predicted molar refractivity (Wildman–Crippen MR) is 64.5 cm³/mol. The van der Waals surface area contributed by atoms with Crippen molar-refractivity contribution in [1.82, 2.24) is 0 Å². The first-order valence-corrected chi connectivity index (χ1v) is 5.19. The summed E-state index contributed by atoms with van der Waals surface area (Å²) in [4.78, 5) is 10.6. The third-order valence-electron chi connectivity index (χ3n) is 2.84. The lowest BCUT2D eigenvalue weighted by molar-refractivity contribution is -0.484. The van der Waals surface area contributed by atoms with Crippen LogP contribution in [0.4, 0.5) is 0 Å². The second-order valence-corrected chi connectivity index (χ2v) is 3.78. The van der Waals surface area contributed by atoms with E-state index in [0.29, 0.717) is 5.71 Å². The van der Waals surface area contributed by atoms with Gasteiger partial charge in [-0.2, -0.15) is 0 Å². The molecule has 0 radical (unpaired) electrons. The summed E-state index contributed by atoms with van der Waals surface area (Å²) in [5.41, 5.74) is 4.10. The second kappa shape index (κ2) is 3.52. The average Bonchev–Trinajstić information content (AvgIpc) is 2.65. The molecule has 0 unspecified atom stereocenters. The fraction of sp³-hybridized carbons (Fsp3) is 0. The van der Waals surface area contributed by atoms with E-state index in [9.17, 15) is 10.1 Å². The van der Waals surface area contributed by atoms with Crippen molar-refractivity contribution in [3.05, 3.63) is 69.8 Å². The highest BCUT2D eigenvalue weighted by Crippen LogP contribution is 2.36. The number of nitro groups is 1. The number of benzene rings is 2. The van der Waals surface area contributed by atoms with Gasteiger partial charge in [-0.05, 0) is 11.1 Å². The zero-order chi connectivity index (χ0) is 11.8. The number of rotatable bonds is 1. The lowest BCUT2D eigenvalue weighted by Gasteiger charge is -1.96. The van der Waals surface area contributed by atoms with Crippen LogP contribution in [-0.4, -0.2) is 10.7 Å². The van der Waals surface area contributed by atoms with Crippen molar-refractivity contribution < 1.29 is 5.03 Å². The molecule has 17 heavy (non-hydrogen) atoms. The van der Waals surface area contributed by atoms with Crippen LogP contribution in [0.15, 0.2) is 53.6 Å². The molecular formula is C13H8N2O2. The first kappa shape index (κ1) is 9.72. The Balaban J connectivity index is 2.35. The molecule has 4 nitrogen and oxygen atoms in total. The van der Waals surface area contributed by atoms with Gasteiger partial charge in [0.2, 0.25) is 0 Å². The molecule has 2 aromatic carbocycles. The molecule has 0 spiro atoms. The van der Waals surface area contributed by atoms with Gasteiger partial charge in [-0.3, -0.25) is 0 Å². The van der Waals surface area contributed by atoms with E-state index in [1.165, 1.54) is 0 Å². The summed E-state index contributed by atoms with van der Waals surface area (Å²) in [5.74, 6) is 0. The van der Waals surface area contributed by atoms with Crippen LogP contribution in [-0.2, 0) is 0 Å². The lowest BCUT2D eigenvalue weighted by atomic mass is 10.1. The van der Waals surface area contributed by atoms with Crippen LogP contribution < -0.4 is 0 Å². The quantitative estimate of drug-likeness (QED) is 0.471. The summed E-state index contributed by atoms with van der Waals surface area (Å²) in [6.45, 7) is 0. The molecule has 0 amide bonds. The summed E-state index contributed by atoms with van der Waals surface area (Å²) in [6.07, 6.45) is 0. The molecule has 0 N–H and O–H groups in total. The van der Waals surface area contributed by atoms with E-state index in [1.54, 1.807) is 0 Å². The minimum absolute atomic E-state index is 0.446. The van der Waals surface area contributed by atoms with Crippen LogP contribution in [0.1, 0.15) is 11.1 Å². The zero-order valence-electron chi connectivity index (χ0n) is 8.83. The van der Waals surface area contributed by atoms with Crippen molar-refractivity contribution in [2.45, 2.75) is 0 Å². The molecule has 0 atom stereocenters. The third-order valence-corrected chi connectivity index (χ3v) is 2.84. The number of hydrogen-bond donors (Lipinski definition) is 0. The zero-order valence-corrected chi connectivity index (χ0v) is 8.83. The summed E-state index contributed by atoms with van der Waals surface area (Å²) in [7, 11) is 0. The molecule has 0 heterocycles. The van der Waals surface area contributed by atoms with Gasteiger partial charge in [-0.25, -0.2) is 10.1 Å². The smallest absolute Gasteiger partial charge is 0.191 e. The van der Waals surface area contributed by atoms with E-state index >= 15 is 0 Å². The van der Waals surface area contributed by atoms with Gasteiger partial charge in [0.15, 0.2) is 10.7 Å². The Labute approximate surface area is 97.4 Å². The van der Waals surface area contributed by atoms with Crippen LogP contribution in [0.25, 0.3) is 11.1 Å². The third kappa shape index (κ3) is 1.42. The van der Waals surface area contributed by atoms with Crippen LogP contribution in [0.5, 0.6) is 0 Å². The number of hydrazone groups is 1. The molecule has 1 aliphatic rings.